The number of sulfonamides is 1. The van der Waals surface area contributed by atoms with E-state index in [-0.39, 0.29) is 20.9 Å². The van der Waals surface area contributed by atoms with Crippen LogP contribution in [-0.4, -0.2) is 42.3 Å². The molecule has 2 N–H and O–H groups in total. The van der Waals surface area contributed by atoms with Crippen molar-refractivity contribution >= 4 is 50.6 Å². The van der Waals surface area contributed by atoms with Gasteiger partial charge < -0.3 is 5.73 Å². The van der Waals surface area contributed by atoms with Crippen molar-refractivity contribution in [3.8, 4) is 0 Å². The molecular formula is C12H15ClN2O2S3. The highest BCUT2D eigenvalue weighted by Gasteiger charge is 2.31. The third kappa shape index (κ3) is 3.12. The van der Waals surface area contributed by atoms with E-state index in [0.717, 1.165) is 17.9 Å². The molecule has 1 heterocycles. The quantitative estimate of drug-likeness (QED) is 0.842. The van der Waals surface area contributed by atoms with Gasteiger partial charge in [-0.1, -0.05) is 29.9 Å². The Morgan fingerprint density at radius 2 is 2.25 bits per heavy atom. The van der Waals surface area contributed by atoms with E-state index >= 15 is 0 Å². The Hall–Kier alpha value is -0.340. The predicted molar refractivity (Wildman–Crippen MR) is 88.0 cm³/mol. The van der Waals surface area contributed by atoms with Crippen LogP contribution >= 0.6 is 35.6 Å². The molecule has 0 radical (unpaired) electrons. The van der Waals surface area contributed by atoms with Crippen molar-refractivity contribution in [3.63, 3.8) is 0 Å². The normalized spacial score (nSPS) is 19.4. The van der Waals surface area contributed by atoms with Gasteiger partial charge in [0.2, 0.25) is 10.0 Å². The molecule has 2 rings (SSSR count). The van der Waals surface area contributed by atoms with Crippen LogP contribution in [0.4, 0.5) is 0 Å². The fourth-order valence-electron chi connectivity index (χ4n) is 2.02. The van der Waals surface area contributed by atoms with Crippen LogP contribution in [0.25, 0.3) is 0 Å². The first-order valence-corrected chi connectivity index (χ1v) is 9.37. The molecule has 4 nitrogen and oxygen atoms in total. The van der Waals surface area contributed by atoms with E-state index in [1.54, 1.807) is 24.9 Å². The molecule has 0 aromatic heterocycles. The number of halogens is 1. The third-order valence-electron chi connectivity index (χ3n) is 3.29. The van der Waals surface area contributed by atoms with Crippen LogP contribution in [0.5, 0.6) is 0 Å². The number of rotatable bonds is 4. The summed E-state index contributed by atoms with van der Waals surface area (Å²) >= 11 is 12.7. The second-order valence-corrected chi connectivity index (χ2v) is 8.51. The number of benzene rings is 1. The molecule has 1 aliphatic heterocycles. The van der Waals surface area contributed by atoms with Crippen LogP contribution in [0, 0.1) is 0 Å². The van der Waals surface area contributed by atoms with Gasteiger partial charge in [-0.3, -0.25) is 0 Å². The van der Waals surface area contributed by atoms with E-state index in [4.69, 9.17) is 29.6 Å². The molecule has 1 aliphatic rings. The van der Waals surface area contributed by atoms with E-state index in [1.165, 1.54) is 16.4 Å². The summed E-state index contributed by atoms with van der Waals surface area (Å²) in [5.41, 5.74) is 6.07. The topological polar surface area (TPSA) is 63.4 Å². The minimum Gasteiger partial charge on any atom is -0.389 e. The lowest BCUT2D eigenvalue weighted by atomic mass is 10.2. The fourth-order valence-corrected chi connectivity index (χ4v) is 5.41. The highest BCUT2D eigenvalue weighted by Crippen LogP contribution is 2.30. The summed E-state index contributed by atoms with van der Waals surface area (Å²) in [4.78, 5) is 0.287. The second-order valence-electron chi connectivity index (χ2n) is 4.55. The number of thiocarbonyl (C=S) groups is 1. The lowest BCUT2D eigenvalue weighted by Crippen LogP contribution is -2.37. The molecule has 0 aliphatic carbocycles. The highest BCUT2D eigenvalue weighted by atomic mass is 35.5. The highest BCUT2D eigenvalue weighted by molar-refractivity contribution is 7.99. The van der Waals surface area contributed by atoms with Gasteiger partial charge in [-0.05, 0) is 24.3 Å². The second kappa shape index (κ2) is 6.19. The van der Waals surface area contributed by atoms with Crippen LogP contribution in [0.3, 0.4) is 0 Å². The molecule has 110 valence electrons. The molecule has 0 amide bonds. The van der Waals surface area contributed by atoms with E-state index in [2.05, 4.69) is 0 Å². The summed E-state index contributed by atoms with van der Waals surface area (Å²) in [7, 11) is -1.99. The number of nitrogens with two attached hydrogens (primary N) is 1. The van der Waals surface area contributed by atoms with Gasteiger partial charge in [-0.2, -0.15) is 16.1 Å². The maximum absolute atomic E-state index is 12.6. The Bertz CT molecular complexity index is 628. The Labute approximate surface area is 133 Å². The van der Waals surface area contributed by atoms with Gasteiger partial charge in [-0.15, -0.1) is 0 Å². The van der Waals surface area contributed by atoms with E-state index in [9.17, 15) is 8.42 Å². The Morgan fingerprint density at radius 3 is 2.75 bits per heavy atom. The van der Waals surface area contributed by atoms with Gasteiger partial charge in [0.25, 0.3) is 0 Å². The van der Waals surface area contributed by atoms with Crippen molar-refractivity contribution in [1.82, 2.24) is 4.31 Å². The summed E-state index contributed by atoms with van der Waals surface area (Å²) in [6, 6.07) is 4.56. The van der Waals surface area contributed by atoms with Crippen LogP contribution in [-0.2, 0) is 10.0 Å². The predicted octanol–water partition coefficient (Wildman–Crippen LogP) is 2.10. The zero-order valence-electron chi connectivity index (χ0n) is 10.9. The van der Waals surface area contributed by atoms with Gasteiger partial charge in [-0.25, -0.2) is 8.42 Å². The summed E-state index contributed by atoms with van der Waals surface area (Å²) in [5, 5.41) is 0.146. The summed E-state index contributed by atoms with van der Waals surface area (Å²) in [5.74, 6) is 1.80. The molecular weight excluding hydrogens is 336 g/mol. The van der Waals surface area contributed by atoms with Crippen molar-refractivity contribution in [2.24, 2.45) is 5.73 Å². The summed E-state index contributed by atoms with van der Waals surface area (Å²) in [6.07, 6.45) is 0.864. The average molecular weight is 351 g/mol. The number of nitrogens with zero attached hydrogens (tertiary/aromatic N) is 1. The number of thioether (sulfide) groups is 1. The molecule has 8 heteroatoms. The molecule has 1 aromatic carbocycles. The fraction of sp³-hybridized carbons (Fsp3) is 0.417. The van der Waals surface area contributed by atoms with Crippen LogP contribution in [0.15, 0.2) is 23.1 Å². The molecule has 1 atom stereocenters. The van der Waals surface area contributed by atoms with Gasteiger partial charge >= 0.3 is 0 Å². The molecule has 0 bridgehead atoms. The monoisotopic (exact) mass is 350 g/mol. The number of hydrogen-bond acceptors (Lipinski definition) is 4. The lowest BCUT2D eigenvalue weighted by molar-refractivity contribution is 0.394. The molecule has 1 fully saturated rings. The largest absolute Gasteiger partial charge is 0.389 e. The zero-order chi connectivity index (χ0) is 14.9. The van der Waals surface area contributed by atoms with Crippen LogP contribution < -0.4 is 5.73 Å². The summed E-state index contributed by atoms with van der Waals surface area (Å²) in [6.45, 7) is 0. The van der Waals surface area contributed by atoms with Gasteiger partial charge in [0.05, 0.1) is 5.02 Å². The van der Waals surface area contributed by atoms with Gasteiger partial charge in [0.15, 0.2) is 0 Å². The molecule has 20 heavy (non-hydrogen) atoms. The Balaban J connectivity index is 2.36. The Kier molecular flexibility index (Phi) is 4.96. The maximum Gasteiger partial charge on any atom is 0.244 e. The zero-order valence-corrected chi connectivity index (χ0v) is 14.1. The van der Waals surface area contributed by atoms with Gasteiger partial charge in [0.1, 0.15) is 9.88 Å². The standard InChI is InChI=1S/C12H15ClN2O2S3/c1-15(9-4-5-19-7-9)20(16,17)11-3-2-8(12(14)18)6-10(11)13/h2-3,6,9H,4-5,7H2,1H3,(H2,14,18). The smallest absolute Gasteiger partial charge is 0.244 e. The molecule has 1 aromatic rings. The van der Waals surface area contributed by atoms with Gasteiger partial charge in [0, 0.05) is 24.4 Å². The van der Waals surface area contributed by atoms with Crippen molar-refractivity contribution in [3.05, 3.63) is 28.8 Å². The van der Waals surface area contributed by atoms with Crippen LogP contribution in [0.2, 0.25) is 5.02 Å². The minimum atomic E-state index is -3.59. The van der Waals surface area contributed by atoms with E-state index in [1.807, 2.05) is 0 Å². The number of hydrogen-bond donors (Lipinski definition) is 1. The first kappa shape index (κ1) is 16.0. The molecule has 0 spiro atoms. The first-order valence-electron chi connectivity index (χ1n) is 5.99. The molecule has 1 saturated heterocycles. The van der Waals surface area contributed by atoms with E-state index < -0.39 is 10.0 Å². The van der Waals surface area contributed by atoms with Crippen LogP contribution in [0.1, 0.15) is 12.0 Å². The lowest BCUT2D eigenvalue weighted by Gasteiger charge is -2.23. The SMILES string of the molecule is CN(C1CCSC1)S(=O)(=O)c1ccc(C(N)=S)cc1Cl. The average Bonchev–Trinajstić information content (AvgIpc) is 2.90. The molecule has 0 saturated carbocycles. The Morgan fingerprint density at radius 1 is 1.55 bits per heavy atom. The van der Waals surface area contributed by atoms with Crippen molar-refractivity contribution < 1.29 is 8.42 Å². The van der Waals surface area contributed by atoms with E-state index in [0.29, 0.717) is 5.56 Å². The third-order valence-corrected chi connectivity index (χ3v) is 7.07. The first-order chi connectivity index (χ1) is 9.34. The maximum atomic E-state index is 12.6. The van der Waals surface area contributed by atoms with Crippen molar-refractivity contribution in [2.45, 2.75) is 17.4 Å². The summed E-state index contributed by atoms with van der Waals surface area (Å²) < 4.78 is 26.6. The van der Waals surface area contributed by atoms with Crippen molar-refractivity contribution in [2.75, 3.05) is 18.6 Å². The minimum absolute atomic E-state index is 0.0244. The van der Waals surface area contributed by atoms with Crippen molar-refractivity contribution in [1.29, 1.82) is 0 Å². The molecule has 1 unspecified atom stereocenters.